The van der Waals surface area contributed by atoms with Gasteiger partial charge in [-0.25, -0.2) is 0 Å². The second-order valence-electron chi connectivity index (χ2n) is 3.48. The number of morpholine rings is 1. The third kappa shape index (κ3) is 4.41. The number of hydrogen-bond donors (Lipinski definition) is 1. The zero-order valence-corrected chi connectivity index (χ0v) is 8.51. The molecule has 1 rings (SSSR count). The summed E-state index contributed by atoms with van der Waals surface area (Å²) in [5.41, 5.74) is 1.29. The number of hydrogen-bond acceptors (Lipinski definition) is 3. The molecule has 0 atom stereocenters. The summed E-state index contributed by atoms with van der Waals surface area (Å²) in [6.07, 6.45) is 1.10. The fourth-order valence-electron chi connectivity index (χ4n) is 1.48. The van der Waals surface area contributed by atoms with Crippen LogP contribution >= 0.6 is 0 Å². The minimum Gasteiger partial charge on any atom is -0.379 e. The Bertz CT molecular complexity index is 153. The summed E-state index contributed by atoms with van der Waals surface area (Å²) < 4.78 is 5.28. The molecule has 0 aromatic carbocycles. The Balaban J connectivity index is 2.06. The molecular formula is C10H20N2O. The Labute approximate surface area is 80.8 Å². The van der Waals surface area contributed by atoms with Crippen molar-refractivity contribution in [2.45, 2.75) is 6.42 Å². The summed E-state index contributed by atoms with van der Waals surface area (Å²) in [6, 6.07) is 0. The molecule has 1 heterocycles. The van der Waals surface area contributed by atoms with Crippen LogP contribution in [0, 0.1) is 0 Å². The van der Waals surface area contributed by atoms with E-state index in [1.807, 2.05) is 7.05 Å². The van der Waals surface area contributed by atoms with Crippen molar-refractivity contribution in [1.82, 2.24) is 10.2 Å². The molecule has 1 fully saturated rings. The van der Waals surface area contributed by atoms with E-state index >= 15 is 0 Å². The van der Waals surface area contributed by atoms with Gasteiger partial charge in [0.2, 0.25) is 0 Å². The average molecular weight is 184 g/mol. The zero-order chi connectivity index (χ0) is 9.52. The first-order valence-corrected chi connectivity index (χ1v) is 4.94. The highest BCUT2D eigenvalue weighted by Crippen LogP contribution is 2.02. The average Bonchev–Trinajstić information content (AvgIpc) is 2.17. The highest BCUT2D eigenvalue weighted by molar-refractivity contribution is 4.96. The van der Waals surface area contributed by atoms with Crippen molar-refractivity contribution in [3.63, 3.8) is 0 Å². The van der Waals surface area contributed by atoms with Gasteiger partial charge in [0.05, 0.1) is 13.2 Å². The normalized spacial score (nSPS) is 18.8. The van der Waals surface area contributed by atoms with Crippen molar-refractivity contribution in [1.29, 1.82) is 0 Å². The van der Waals surface area contributed by atoms with E-state index in [1.54, 1.807) is 0 Å². The molecule has 76 valence electrons. The Kier molecular flexibility index (Phi) is 5.05. The number of ether oxygens (including phenoxy) is 1. The van der Waals surface area contributed by atoms with Gasteiger partial charge in [-0.2, -0.15) is 0 Å². The van der Waals surface area contributed by atoms with E-state index in [-0.39, 0.29) is 0 Å². The zero-order valence-electron chi connectivity index (χ0n) is 8.51. The molecule has 3 heteroatoms. The van der Waals surface area contributed by atoms with Crippen molar-refractivity contribution in [2.75, 3.05) is 46.4 Å². The van der Waals surface area contributed by atoms with Gasteiger partial charge < -0.3 is 10.1 Å². The lowest BCUT2D eigenvalue weighted by atomic mass is 10.2. The largest absolute Gasteiger partial charge is 0.379 e. The molecule has 1 saturated heterocycles. The van der Waals surface area contributed by atoms with Gasteiger partial charge in [0.1, 0.15) is 0 Å². The van der Waals surface area contributed by atoms with Crippen LogP contribution < -0.4 is 5.32 Å². The summed E-state index contributed by atoms with van der Waals surface area (Å²) in [7, 11) is 1.96. The molecule has 1 N–H and O–H groups in total. The summed E-state index contributed by atoms with van der Waals surface area (Å²) in [6.45, 7) is 10.00. The second-order valence-corrected chi connectivity index (χ2v) is 3.48. The Hall–Kier alpha value is -0.380. The maximum Gasteiger partial charge on any atom is 0.0594 e. The molecule has 13 heavy (non-hydrogen) atoms. The van der Waals surface area contributed by atoms with Gasteiger partial charge in [0, 0.05) is 26.2 Å². The van der Waals surface area contributed by atoms with E-state index in [2.05, 4.69) is 16.8 Å². The first-order valence-electron chi connectivity index (χ1n) is 4.94. The highest BCUT2D eigenvalue weighted by Gasteiger charge is 2.09. The molecule has 0 saturated carbocycles. The SMILES string of the molecule is C=C(CCN1CCOCC1)CNC. The highest BCUT2D eigenvalue weighted by atomic mass is 16.5. The maximum atomic E-state index is 5.28. The van der Waals surface area contributed by atoms with Gasteiger partial charge in [-0.1, -0.05) is 12.2 Å². The monoisotopic (exact) mass is 184 g/mol. The smallest absolute Gasteiger partial charge is 0.0594 e. The van der Waals surface area contributed by atoms with E-state index in [4.69, 9.17) is 4.74 Å². The van der Waals surface area contributed by atoms with E-state index < -0.39 is 0 Å². The number of nitrogens with one attached hydrogen (secondary N) is 1. The Morgan fingerprint density at radius 3 is 2.77 bits per heavy atom. The van der Waals surface area contributed by atoms with E-state index in [0.717, 1.165) is 45.8 Å². The number of nitrogens with zero attached hydrogens (tertiary/aromatic N) is 1. The van der Waals surface area contributed by atoms with Gasteiger partial charge in [-0.15, -0.1) is 0 Å². The van der Waals surface area contributed by atoms with Crippen molar-refractivity contribution in [3.05, 3.63) is 12.2 Å². The Morgan fingerprint density at radius 2 is 2.15 bits per heavy atom. The quantitative estimate of drug-likeness (QED) is 0.629. The second kappa shape index (κ2) is 6.13. The van der Waals surface area contributed by atoms with Crippen molar-refractivity contribution in [2.24, 2.45) is 0 Å². The van der Waals surface area contributed by atoms with Crippen LogP contribution in [0.5, 0.6) is 0 Å². The molecule has 0 aromatic heterocycles. The maximum absolute atomic E-state index is 5.28. The lowest BCUT2D eigenvalue weighted by Gasteiger charge is -2.26. The topological polar surface area (TPSA) is 24.5 Å². The lowest BCUT2D eigenvalue weighted by molar-refractivity contribution is 0.0384. The number of rotatable bonds is 5. The molecule has 3 nitrogen and oxygen atoms in total. The molecule has 0 aliphatic carbocycles. The van der Waals surface area contributed by atoms with Gasteiger partial charge in [-0.3, -0.25) is 4.90 Å². The number of likely N-dealkylation sites (N-methyl/N-ethyl adjacent to an activating group) is 1. The van der Waals surface area contributed by atoms with Crippen LogP contribution in [0.25, 0.3) is 0 Å². The van der Waals surface area contributed by atoms with Gasteiger partial charge in [0.25, 0.3) is 0 Å². The summed E-state index contributed by atoms with van der Waals surface area (Å²) in [5, 5.41) is 3.11. The van der Waals surface area contributed by atoms with Gasteiger partial charge in [-0.05, 0) is 13.5 Å². The van der Waals surface area contributed by atoms with E-state index in [9.17, 15) is 0 Å². The molecule has 1 aliphatic rings. The molecule has 0 aromatic rings. The van der Waals surface area contributed by atoms with E-state index in [0.29, 0.717) is 0 Å². The minimum absolute atomic E-state index is 0.887. The third-order valence-corrected chi connectivity index (χ3v) is 2.31. The van der Waals surface area contributed by atoms with Crippen LogP contribution in [0.2, 0.25) is 0 Å². The van der Waals surface area contributed by atoms with Crippen LogP contribution in [0.15, 0.2) is 12.2 Å². The van der Waals surface area contributed by atoms with Gasteiger partial charge in [0.15, 0.2) is 0 Å². The fraction of sp³-hybridized carbons (Fsp3) is 0.800. The molecule has 0 unspecified atom stereocenters. The summed E-state index contributed by atoms with van der Waals surface area (Å²) in [4.78, 5) is 2.43. The van der Waals surface area contributed by atoms with Crippen LogP contribution in [0.4, 0.5) is 0 Å². The van der Waals surface area contributed by atoms with Crippen LogP contribution in [0.1, 0.15) is 6.42 Å². The minimum atomic E-state index is 0.887. The van der Waals surface area contributed by atoms with Crippen molar-refractivity contribution < 1.29 is 4.74 Å². The molecular weight excluding hydrogens is 164 g/mol. The molecule has 0 bridgehead atoms. The van der Waals surface area contributed by atoms with Crippen molar-refractivity contribution in [3.8, 4) is 0 Å². The van der Waals surface area contributed by atoms with Crippen molar-refractivity contribution >= 4 is 0 Å². The predicted octanol–water partition coefficient (Wildman–Crippen LogP) is 0.484. The molecule has 0 radical (unpaired) electrons. The van der Waals surface area contributed by atoms with Crippen LogP contribution in [-0.2, 0) is 4.74 Å². The predicted molar refractivity (Wildman–Crippen MR) is 54.9 cm³/mol. The molecule has 0 spiro atoms. The fourth-order valence-corrected chi connectivity index (χ4v) is 1.48. The van der Waals surface area contributed by atoms with E-state index in [1.165, 1.54) is 5.57 Å². The standard InChI is InChI=1S/C10H20N2O/c1-10(9-11-2)3-4-12-5-7-13-8-6-12/h11H,1,3-9H2,2H3. The molecule has 0 amide bonds. The third-order valence-electron chi connectivity index (χ3n) is 2.31. The Morgan fingerprint density at radius 1 is 1.46 bits per heavy atom. The molecule has 1 aliphatic heterocycles. The first kappa shape index (κ1) is 10.7. The van der Waals surface area contributed by atoms with Gasteiger partial charge >= 0.3 is 0 Å². The van der Waals surface area contributed by atoms with Crippen LogP contribution in [-0.4, -0.2) is 51.3 Å². The summed E-state index contributed by atoms with van der Waals surface area (Å²) in [5.74, 6) is 0. The van der Waals surface area contributed by atoms with Crippen LogP contribution in [0.3, 0.4) is 0 Å². The first-order chi connectivity index (χ1) is 6.33. The lowest BCUT2D eigenvalue weighted by Crippen LogP contribution is -2.37. The summed E-state index contributed by atoms with van der Waals surface area (Å²) >= 11 is 0.